The van der Waals surface area contributed by atoms with Crippen molar-refractivity contribution in [1.29, 1.82) is 0 Å². The number of rotatable bonds is 9. The molecule has 1 aromatic heterocycles. The molecule has 4 aromatic rings. The van der Waals surface area contributed by atoms with Crippen molar-refractivity contribution in [3.63, 3.8) is 0 Å². The van der Waals surface area contributed by atoms with E-state index in [9.17, 15) is 14.0 Å². The van der Waals surface area contributed by atoms with Crippen LogP contribution in [0, 0.1) is 11.7 Å². The number of ketones is 1. The first-order chi connectivity index (χ1) is 18.4. The highest BCUT2D eigenvalue weighted by atomic mass is 35.5. The monoisotopic (exact) mass is 532 g/mol. The van der Waals surface area contributed by atoms with Crippen molar-refractivity contribution < 1.29 is 18.7 Å². The van der Waals surface area contributed by atoms with Gasteiger partial charge in [0.25, 0.3) is 0 Å². The third-order valence-electron chi connectivity index (χ3n) is 6.64. The largest absolute Gasteiger partial charge is 0.457 e. The normalized spacial score (nSPS) is 16.9. The number of likely N-dealkylation sites (tertiary alicyclic amines) is 1. The van der Waals surface area contributed by atoms with Gasteiger partial charge < -0.3 is 9.64 Å². The number of ether oxygens (including phenoxy) is 1. The molecular weight excluding hydrogens is 507 g/mol. The maximum Gasteiger partial charge on any atom is 0.244 e. The average molecular weight is 533 g/mol. The Hall–Kier alpha value is -4.04. The summed E-state index contributed by atoms with van der Waals surface area (Å²) < 4.78 is 20.3. The van der Waals surface area contributed by atoms with Gasteiger partial charge in [-0.1, -0.05) is 41.1 Å². The molecule has 7 nitrogen and oxygen atoms in total. The quantitative estimate of drug-likeness (QED) is 0.298. The molecule has 9 heteroatoms. The standard InChI is InChI=1S/C29H26ClFN4O3/c30-23-5-1-20(2-6-23)15-22-16-27(35(18-22)29(37)19-34-14-13-32-33-34)28(36)17-21-3-9-25(10-4-21)38-26-11-7-24(31)8-12-26/h1-14,22,27H,15-19H2/t22-,27+/m1/s1. The van der Waals surface area contributed by atoms with E-state index in [1.165, 1.54) is 23.0 Å². The molecule has 0 aliphatic carbocycles. The van der Waals surface area contributed by atoms with Crippen LogP contribution in [0.4, 0.5) is 4.39 Å². The zero-order valence-electron chi connectivity index (χ0n) is 20.5. The van der Waals surface area contributed by atoms with Gasteiger partial charge in [0.15, 0.2) is 5.78 Å². The maximum absolute atomic E-state index is 13.5. The lowest BCUT2D eigenvalue weighted by Gasteiger charge is -2.23. The molecule has 2 heterocycles. The van der Waals surface area contributed by atoms with Gasteiger partial charge in [-0.05, 0) is 78.4 Å². The average Bonchev–Trinajstić information content (AvgIpc) is 3.58. The zero-order chi connectivity index (χ0) is 26.5. The number of carbonyl (C=O) groups is 2. The molecular formula is C29H26ClFN4O3. The van der Waals surface area contributed by atoms with Crippen LogP contribution in [-0.4, -0.2) is 44.2 Å². The highest BCUT2D eigenvalue weighted by Crippen LogP contribution is 2.29. The number of hydrogen-bond donors (Lipinski definition) is 0. The molecule has 0 spiro atoms. The Morgan fingerprint density at radius 2 is 1.61 bits per heavy atom. The van der Waals surface area contributed by atoms with Crippen molar-refractivity contribution in [3.05, 3.63) is 107 Å². The van der Waals surface area contributed by atoms with Crippen LogP contribution in [0.2, 0.25) is 5.02 Å². The summed E-state index contributed by atoms with van der Waals surface area (Å²) in [7, 11) is 0. The van der Waals surface area contributed by atoms with E-state index in [0.29, 0.717) is 29.5 Å². The van der Waals surface area contributed by atoms with Crippen LogP contribution < -0.4 is 4.74 Å². The number of halogens is 2. The molecule has 38 heavy (non-hydrogen) atoms. The molecule has 0 saturated carbocycles. The Morgan fingerprint density at radius 3 is 2.26 bits per heavy atom. The van der Waals surface area contributed by atoms with Crippen LogP contribution in [0.5, 0.6) is 11.5 Å². The van der Waals surface area contributed by atoms with Gasteiger partial charge in [-0.2, -0.15) is 0 Å². The number of benzene rings is 3. The van der Waals surface area contributed by atoms with Gasteiger partial charge in [0, 0.05) is 24.2 Å². The second-order valence-corrected chi connectivity index (χ2v) is 9.87. The molecule has 194 valence electrons. The Morgan fingerprint density at radius 1 is 0.947 bits per heavy atom. The number of hydrogen-bond acceptors (Lipinski definition) is 5. The number of carbonyl (C=O) groups excluding carboxylic acids is 2. The number of amides is 1. The van der Waals surface area contributed by atoms with Crippen molar-refractivity contribution in [1.82, 2.24) is 19.9 Å². The van der Waals surface area contributed by atoms with Crippen molar-refractivity contribution in [2.24, 2.45) is 5.92 Å². The summed E-state index contributed by atoms with van der Waals surface area (Å²) in [6.07, 6.45) is 4.69. The van der Waals surface area contributed by atoms with Crippen LogP contribution >= 0.6 is 11.6 Å². The van der Waals surface area contributed by atoms with Crippen molar-refractivity contribution in [2.45, 2.75) is 31.8 Å². The number of nitrogens with zero attached hydrogens (tertiary/aromatic N) is 4. The number of aromatic nitrogens is 3. The van der Waals surface area contributed by atoms with Crippen LogP contribution in [0.1, 0.15) is 17.5 Å². The fourth-order valence-electron chi connectivity index (χ4n) is 4.79. The third-order valence-corrected chi connectivity index (χ3v) is 6.89. The highest BCUT2D eigenvalue weighted by Gasteiger charge is 2.39. The first-order valence-corrected chi connectivity index (χ1v) is 12.7. The topological polar surface area (TPSA) is 77.3 Å². The van der Waals surface area contributed by atoms with E-state index in [1.54, 1.807) is 35.4 Å². The molecule has 0 radical (unpaired) electrons. The van der Waals surface area contributed by atoms with E-state index < -0.39 is 6.04 Å². The molecule has 1 amide bonds. The summed E-state index contributed by atoms with van der Waals surface area (Å²) in [6.45, 7) is 0.532. The van der Waals surface area contributed by atoms with Gasteiger partial charge in [0.2, 0.25) is 5.91 Å². The second-order valence-electron chi connectivity index (χ2n) is 9.44. The Labute approximate surface area is 224 Å². The lowest BCUT2D eigenvalue weighted by molar-refractivity contribution is -0.138. The molecule has 3 aromatic carbocycles. The molecule has 1 aliphatic rings. The van der Waals surface area contributed by atoms with Crippen LogP contribution in [0.25, 0.3) is 0 Å². The summed E-state index contributed by atoms with van der Waals surface area (Å²) in [5, 5.41) is 8.33. The highest BCUT2D eigenvalue weighted by molar-refractivity contribution is 6.30. The van der Waals surface area contributed by atoms with Gasteiger partial charge in [0.1, 0.15) is 23.9 Å². The first-order valence-electron chi connectivity index (χ1n) is 12.4. The third kappa shape index (κ3) is 6.44. The minimum atomic E-state index is -0.515. The van der Waals surface area contributed by atoms with Crippen LogP contribution in [0.3, 0.4) is 0 Å². The van der Waals surface area contributed by atoms with Gasteiger partial charge in [-0.3, -0.25) is 9.59 Å². The second kappa shape index (κ2) is 11.6. The zero-order valence-corrected chi connectivity index (χ0v) is 21.3. The molecule has 0 N–H and O–H groups in total. The summed E-state index contributed by atoms with van der Waals surface area (Å²) >= 11 is 6.03. The Balaban J connectivity index is 1.26. The van der Waals surface area contributed by atoms with Gasteiger partial charge in [0.05, 0.1) is 12.2 Å². The predicted molar refractivity (Wildman–Crippen MR) is 140 cm³/mol. The molecule has 1 aliphatic heterocycles. The van der Waals surface area contributed by atoms with Gasteiger partial charge in [-0.15, -0.1) is 5.10 Å². The molecule has 1 saturated heterocycles. The lowest BCUT2D eigenvalue weighted by Crippen LogP contribution is -2.42. The van der Waals surface area contributed by atoms with E-state index in [0.717, 1.165) is 17.5 Å². The van der Waals surface area contributed by atoms with Gasteiger partial charge in [-0.25, -0.2) is 9.07 Å². The molecule has 0 unspecified atom stereocenters. The Kier molecular flexibility index (Phi) is 7.79. The smallest absolute Gasteiger partial charge is 0.244 e. The SMILES string of the molecule is O=C(Cc1ccc(Oc2ccc(F)cc2)cc1)[C@@H]1C[C@@H](Cc2ccc(Cl)cc2)CN1C(=O)Cn1ccnn1. The van der Waals surface area contributed by atoms with Crippen molar-refractivity contribution in [3.8, 4) is 11.5 Å². The van der Waals surface area contributed by atoms with E-state index in [4.69, 9.17) is 16.3 Å². The molecule has 5 rings (SSSR count). The molecule has 1 fully saturated rings. The fourth-order valence-corrected chi connectivity index (χ4v) is 4.91. The summed E-state index contributed by atoms with van der Waals surface area (Å²) in [6, 6.07) is 20.1. The lowest BCUT2D eigenvalue weighted by atomic mass is 9.94. The summed E-state index contributed by atoms with van der Waals surface area (Å²) in [5.41, 5.74) is 1.94. The minimum absolute atomic E-state index is 0.0113. The molecule has 0 bridgehead atoms. The summed E-state index contributed by atoms with van der Waals surface area (Å²) in [4.78, 5) is 28.4. The van der Waals surface area contributed by atoms with Gasteiger partial charge >= 0.3 is 0 Å². The van der Waals surface area contributed by atoms with E-state index >= 15 is 0 Å². The molecule has 2 atom stereocenters. The maximum atomic E-state index is 13.5. The fraction of sp³-hybridized carbons (Fsp3) is 0.241. The van der Waals surface area contributed by atoms with Crippen LogP contribution in [-0.2, 0) is 29.0 Å². The summed E-state index contributed by atoms with van der Waals surface area (Å²) in [5.74, 6) is 0.757. The first kappa shape index (κ1) is 25.6. The minimum Gasteiger partial charge on any atom is -0.457 e. The predicted octanol–water partition coefficient (Wildman–Crippen LogP) is 5.13. The van der Waals surface area contributed by atoms with E-state index in [2.05, 4.69) is 10.3 Å². The van der Waals surface area contributed by atoms with Crippen molar-refractivity contribution >= 4 is 23.3 Å². The van der Waals surface area contributed by atoms with Crippen LogP contribution in [0.15, 0.2) is 85.2 Å². The number of Topliss-reactive ketones (excluding diaryl/α,β-unsaturated/α-hetero) is 1. The van der Waals surface area contributed by atoms with E-state index in [-0.39, 0.29) is 36.4 Å². The van der Waals surface area contributed by atoms with Crippen molar-refractivity contribution in [2.75, 3.05) is 6.54 Å². The van der Waals surface area contributed by atoms with E-state index in [1.807, 2.05) is 36.4 Å². The Bertz CT molecular complexity index is 1380.